The predicted molar refractivity (Wildman–Crippen MR) is 246 cm³/mol. The first-order valence-corrected chi connectivity index (χ1v) is 23.7. The fraction of sp³-hybridized carbons (Fsp3) is 0.725. The Morgan fingerprint density at radius 2 is 1.63 bits per heavy atom. The molecule has 0 aromatic heterocycles. The Balaban J connectivity index is 1.73. The molecule has 366 valence electrons. The zero-order chi connectivity index (χ0) is 48.4. The van der Waals surface area contributed by atoms with Crippen LogP contribution in [0.15, 0.2) is 47.6 Å². The molecule has 3 aliphatic rings. The van der Waals surface area contributed by atoms with Gasteiger partial charge in [0.05, 0.1) is 24.4 Å². The summed E-state index contributed by atoms with van der Waals surface area (Å²) in [5.74, 6) is -6.84. The van der Waals surface area contributed by atoms with E-state index in [0.29, 0.717) is 63.2 Å². The molecule has 0 aromatic carbocycles. The highest BCUT2D eigenvalue weighted by atomic mass is 16.6. The number of aliphatic hydroxyl groups is 2. The zero-order valence-corrected chi connectivity index (χ0v) is 40.7. The fourth-order valence-electron chi connectivity index (χ4n) is 9.44. The molecule has 0 aromatic rings. The van der Waals surface area contributed by atoms with Gasteiger partial charge in [-0.25, -0.2) is 4.79 Å². The number of carbonyl (C=O) groups excluding carboxylic acids is 6. The molecule has 13 atom stereocenters. The van der Waals surface area contributed by atoms with Crippen LogP contribution >= 0.6 is 0 Å². The summed E-state index contributed by atoms with van der Waals surface area (Å²) >= 11 is 0. The number of amides is 1. The van der Waals surface area contributed by atoms with Crippen LogP contribution in [0.4, 0.5) is 0 Å². The summed E-state index contributed by atoms with van der Waals surface area (Å²) < 4.78 is 28.6. The molecule has 1 saturated carbocycles. The van der Waals surface area contributed by atoms with Gasteiger partial charge in [0.15, 0.2) is 5.78 Å². The number of esters is 1. The second kappa shape index (κ2) is 27.2. The van der Waals surface area contributed by atoms with Gasteiger partial charge in [-0.05, 0) is 107 Å². The van der Waals surface area contributed by atoms with Crippen molar-refractivity contribution in [3.8, 4) is 0 Å². The van der Waals surface area contributed by atoms with Crippen LogP contribution in [0.2, 0.25) is 0 Å². The lowest BCUT2D eigenvalue weighted by Crippen LogP contribution is -2.61. The number of hydrogen-bond donors (Lipinski definition) is 2. The minimum atomic E-state index is -2.44. The van der Waals surface area contributed by atoms with Crippen LogP contribution in [0, 0.1) is 35.5 Å². The number of Topliss-reactive ketones (excluding diaryl/α,β-unsaturated/α-hetero) is 3. The number of methoxy groups -OCH3 is 3. The van der Waals surface area contributed by atoms with Crippen LogP contribution in [0.5, 0.6) is 0 Å². The minimum absolute atomic E-state index is 0.0796. The number of nitrogens with zero attached hydrogens (tertiary/aromatic N) is 1. The van der Waals surface area contributed by atoms with E-state index in [1.807, 2.05) is 51.2 Å². The van der Waals surface area contributed by atoms with Crippen molar-refractivity contribution in [3.63, 3.8) is 0 Å². The van der Waals surface area contributed by atoms with Crippen LogP contribution in [0.3, 0.4) is 0 Å². The van der Waals surface area contributed by atoms with Crippen molar-refractivity contribution in [2.45, 2.75) is 168 Å². The number of allylic oxidation sites excluding steroid dienone is 7. The predicted octanol–water partition coefficient (Wildman–Crippen LogP) is 6.64. The minimum Gasteiger partial charge on any atom is -0.460 e. The van der Waals surface area contributed by atoms with Crippen molar-refractivity contribution >= 4 is 35.5 Å². The van der Waals surface area contributed by atoms with Crippen LogP contribution in [0.25, 0.3) is 0 Å². The van der Waals surface area contributed by atoms with E-state index in [2.05, 4.69) is 6.92 Å². The molecule has 3 rings (SSSR count). The third-order valence-corrected chi connectivity index (χ3v) is 13.7. The number of aliphatic hydroxyl groups excluding tert-OH is 1. The second-order valence-electron chi connectivity index (χ2n) is 19.1. The standard InChI is InChI=1S/C51H79NO13/c1-32(24-36(5)44(56)31-61-8)16-12-11-13-17-34(3)45(62-9)28-40-21-19-38(7)51(60,65-40)48(57)49(58)52-23-15-14-18-41(52)50(59)64-46(29-43(55)35(4)25-33(2)30-53)37(6)26-39-20-22-42(54)47(27-39)63-10/h11-13,16-17,25,30,32,35-42,45-47,54,60H,14-15,18-24,26-29,31H2,1-10H3/b13-11+,16-12+,33-25+,34-17+/t32-,35-,36-,37-,38-,39+,40+,41+,42-,45+,46?,47-,51-/m1/s1. The zero-order valence-electron chi connectivity index (χ0n) is 40.7. The van der Waals surface area contributed by atoms with E-state index in [1.165, 1.54) is 12.0 Å². The normalized spacial score (nSPS) is 28.6. The van der Waals surface area contributed by atoms with Crippen molar-refractivity contribution in [1.29, 1.82) is 0 Å². The van der Waals surface area contributed by atoms with Crippen LogP contribution < -0.4 is 0 Å². The van der Waals surface area contributed by atoms with Gasteiger partial charge < -0.3 is 38.8 Å². The van der Waals surface area contributed by atoms with Crippen molar-refractivity contribution in [3.05, 3.63) is 47.6 Å². The summed E-state index contributed by atoms with van der Waals surface area (Å²) in [6.45, 7) is 13.0. The van der Waals surface area contributed by atoms with Crippen molar-refractivity contribution in [2.24, 2.45) is 35.5 Å². The van der Waals surface area contributed by atoms with Crippen molar-refractivity contribution < 1.29 is 62.7 Å². The average molecular weight is 914 g/mol. The van der Waals surface area contributed by atoms with Gasteiger partial charge in [0.1, 0.15) is 30.8 Å². The molecule has 14 heteroatoms. The summed E-state index contributed by atoms with van der Waals surface area (Å²) in [7, 11) is 4.66. The van der Waals surface area contributed by atoms with E-state index in [1.54, 1.807) is 41.1 Å². The topological polar surface area (TPSA) is 192 Å². The van der Waals surface area contributed by atoms with E-state index in [4.69, 9.17) is 23.7 Å². The molecule has 2 N–H and O–H groups in total. The molecule has 3 fully saturated rings. The number of carbonyl (C=O) groups is 6. The number of aldehydes is 1. The number of rotatable bonds is 25. The Morgan fingerprint density at radius 3 is 2.29 bits per heavy atom. The Kier molecular flexibility index (Phi) is 23.3. The van der Waals surface area contributed by atoms with E-state index >= 15 is 0 Å². The number of ether oxygens (including phenoxy) is 5. The Hall–Kier alpha value is -3.66. The first-order valence-electron chi connectivity index (χ1n) is 23.7. The van der Waals surface area contributed by atoms with Crippen LogP contribution in [-0.2, 0) is 52.5 Å². The van der Waals surface area contributed by atoms with E-state index < -0.39 is 65.7 Å². The molecule has 1 amide bonds. The molecule has 2 saturated heterocycles. The highest BCUT2D eigenvalue weighted by Gasteiger charge is 2.53. The first kappa shape index (κ1) is 55.7. The Morgan fingerprint density at radius 1 is 0.908 bits per heavy atom. The summed E-state index contributed by atoms with van der Waals surface area (Å²) in [6, 6.07) is -1.12. The summed E-state index contributed by atoms with van der Waals surface area (Å²) in [4.78, 5) is 80.6. The molecule has 1 aliphatic carbocycles. The van der Waals surface area contributed by atoms with Gasteiger partial charge in [0.25, 0.3) is 11.7 Å². The van der Waals surface area contributed by atoms with Gasteiger partial charge in [0, 0.05) is 58.5 Å². The third kappa shape index (κ3) is 16.6. The molecule has 0 bridgehead atoms. The molecule has 1 unspecified atom stereocenters. The lowest BCUT2D eigenvalue weighted by molar-refractivity contribution is -0.265. The molecule has 14 nitrogen and oxygen atoms in total. The lowest BCUT2D eigenvalue weighted by Gasteiger charge is -2.42. The van der Waals surface area contributed by atoms with Crippen LogP contribution in [0.1, 0.15) is 126 Å². The monoisotopic (exact) mass is 914 g/mol. The van der Waals surface area contributed by atoms with Gasteiger partial charge in [0.2, 0.25) is 5.79 Å². The van der Waals surface area contributed by atoms with Crippen molar-refractivity contribution in [2.75, 3.05) is 34.5 Å². The third-order valence-electron chi connectivity index (χ3n) is 13.7. The highest BCUT2D eigenvalue weighted by Crippen LogP contribution is 2.37. The summed E-state index contributed by atoms with van der Waals surface area (Å²) in [5.41, 5.74) is 1.30. The van der Waals surface area contributed by atoms with Gasteiger partial charge in [-0.2, -0.15) is 0 Å². The highest BCUT2D eigenvalue weighted by molar-refractivity contribution is 6.39. The lowest BCUT2D eigenvalue weighted by atomic mass is 9.78. The fourth-order valence-corrected chi connectivity index (χ4v) is 9.44. The maximum atomic E-state index is 14.2. The van der Waals surface area contributed by atoms with Crippen LogP contribution in [-0.4, -0.2) is 127 Å². The quantitative estimate of drug-likeness (QED) is 0.0326. The average Bonchev–Trinajstić information content (AvgIpc) is 3.28. The molecule has 0 radical (unpaired) electrons. The molecule has 0 spiro atoms. The molecule has 2 heterocycles. The Labute approximate surface area is 387 Å². The summed E-state index contributed by atoms with van der Waals surface area (Å²) in [6.07, 6.45) is 14.9. The Bertz CT molecular complexity index is 1720. The van der Waals surface area contributed by atoms with Gasteiger partial charge in [-0.1, -0.05) is 71.1 Å². The molecule has 65 heavy (non-hydrogen) atoms. The number of likely N-dealkylation sites (tertiary alicyclic amines) is 1. The number of hydrogen-bond acceptors (Lipinski definition) is 13. The molecular formula is C51H79NO13. The number of ketones is 3. The largest absolute Gasteiger partial charge is 0.460 e. The molecular weight excluding hydrogens is 835 g/mol. The van der Waals surface area contributed by atoms with Gasteiger partial charge >= 0.3 is 5.97 Å². The van der Waals surface area contributed by atoms with Gasteiger partial charge in [-0.3, -0.25) is 24.0 Å². The number of piperidine rings is 1. The first-order chi connectivity index (χ1) is 30.8. The molecule has 2 aliphatic heterocycles. The van der Waals surface area contributed by atoms with Crippen molar-refractivity contribution in [1.82, 2.24) is 4.90 Å². The second-order valence-corrected chi connectivity index (χ2v) is 19.1. The summed E-state index contributed by atoms with van der Waals surface area (Å²) in [5, 5.41) is 22.3. The van der Waals surface area contributed by atoms with E-state index in [0.717, 1.165) is 18.4 Å². The maximum absolute atomic E-state index is 14.2. The SMILES string of the molecule is COCC(=O)[C@H](C)C[C@H](C)/C=C/C=C/C=C(\C)[C@H](C[C@@H]1CC[C@@H](C)[C@](O)(C(=O)C(=O)N2CCCC[C@H]2C(=O)OC(CC(=O)[C@H](C)/C=C(\C)C=O)[C@H](C)C[C@@H]2CC[C@@H](O)[C@H](OC)C2)O1)OC. The van der Waals surface area contributed by atoms with E-state index in [-0.39, 0.29) is 67.3 Å². The van der Waals surface area contributed by atoms with E-state index in [9.17, 15) is 39.0 Å². The smallest absolute Gasteiger partial charge is 0.329 e. The maximum Gasteiger partial charge on any atom is 0.329 e. The van der Waals surface area contributed by atoms with Gasteiger partial charge in [-0.15, -0.1) is 0 Å².